The van der Waals surface area contributed by atoms with Crippen molar-refractivity contribution in [3.05, 3.63) is 89.0 Å². The minimum Gasteiger partial charge on any atom is -0.295 e. The standard InChI is InChI=1S/C27H30N2O3S2/c1-18-9-14-24(19(2)15-18)29-25(30)17-33-26(29)20-7-6-8-22(16-20)28-34(31,32)23-12-10-21(11-13-23)27(3,4)5/h6-16,26,28H,17H2,1-5H3/t26-/m1/s1. The summed E-state index contributed by atoms with van der Waals surface area (Å²) in [7, 11) is -3.74. The molecule has 0 bridgehead atoms. The van der Waals surface area contributed by atoms with Gasteiger partial charge in [-0.15, -0.1) is 11.8 Å². The van der Waals surface area contributed by atoms with Crippen molar-refractivity contribution in [2.24, 2.45) is 0 Å². The van der Waals surface area contributed by atoms with Crippen LogP contribution in [-0.2, 0) is 20.2 Å². The molecule has 1 saturated heterocycles. The SMILES string of the molecule is Cc1ccc(N2C(=O)CS[C@@H]2c2cccc(NS(=O)(=O)c3ccc(C(C)(C)C)cc3)c2)c(C)c1. The average molecular weight is 495 g/mol. The third kappa shape index (κ3) is 5.00. The smallest absolute Gasteiger partial charge is 0.261 e. The summed E-state index contributed by atoms with van der Waals surface area (Å²) in [5.41, 5.74) is 5.43. The van der Waals surface area contributed by atoms with E-state index in [-0.39, 0.29) is 21.6 Å². The Balaban J connectivity index is 1.61. The minimum absolute atomic E-state index is 0.0480. The number of aryl methyl sites for hydroxylation is 2. The minimum atomic E-state index is -3.74. The zero-order valence-corrected chi connectivity index (χ0v) is 21.8. The van der Waals surface area contributed by atoms with E-state index in [2.05, 4.69) is 31.6 Å². The molecule has 4 rings (SSSR count). The van der Waals surface area contributed by atoms with Crippen molar-refractivity contribution in [1.82, 2.24) is 0 Å². The Bertz CT molecular complexity index is 1330. The molecule has 7 heteroatoms. The van der Waals surface area contributed by atoms with Gasteiger partial charge in [0.1, 0.15) is 5.37 Å². The molecule has 0 spiro atoms. The van der Waals surface area contributed by atoms with E-state index in [9.17, 15) is 13.2 Å². The molecule has 3 aromatic carbocycles. The summed E-state index contributed by atoms with van der Waals surface area (Å²) >= 11 is 1.55. The second-order valence-electron chi connectivity index (χ2n) is 9.72. The molecule has 0 aliphatic carbocycles. The number of hydrogen-bond acceptors (Lipinski definition) is 4. The van der Waals surface area contributed by atoms with Gasteiger partial charge in [0, 0.05) is 11.4 Å². The van der Waals surface area contributed by atoms with E-state index in [0.717, 1.165) is 27.9 Å². The van der Waals surface area contributed by atoms with E-state index in [0.29, 0.717) is 11.4 Å². The Morgan fingerprint density at radius 3 is 2.32 bits per heavy atom. The van der Waals surface area contributed by atoms with Gasteiger partial charge < -0.3 is 0 Å². The van der Waals surface area contributed by atoms with E-state index in [1.807, 2.05) is 61.2 Å². The number of benzene rings is 3. The lowest BCUT2D eigenvalue weighted by molar-refractivity contribution is -0.115. The topological polar surface area (TPSA) is 66.5 Å². The summed E-state index contributed by atoms with van der Waals surface area (Å²) in [6.07, 6.45) is 0. The Morgan fingerprint density at radius 2 is 1.68 bits per heavy atom. The summed E-state index contributed by atoms with van der Waals surface area (Å²) in [5, 5.41) is -0.218. The van der Waals surface area contributed by atoms with Crippen LogP contribution in [0.3, 0.4) is 0 Å². The Kier molecular flexibility index (Phi) is 6.53. The van der Waals surface area contributed by atoms with Crippen LogP contribution in [-0.4, -0.2) is 20.1 Å². The third-order valence-corrected chi connectivity index (χ3v) is 8.54. The molecule has 3 aromatic rings. The lowest BCUT2D eigenvalue weighted by atomic mass is 9.87. The third-order valence-electron chi connectivity index (χ3n) is 5.93. The van der Waals surface area contributed by atoms with Crippen LogP contribution in [0.5, 0.6) is 0 Å². The van der Waals surface area contributed by atoms with Crippen molar-refractivity contribution in [2.75, 3.05) is 15.4 Å². The van der Waals surface area contributed by atoms with E-state index < -0.39 is 10.0 Å². The largest absolute Gasteiger partial charge is 0.295 e. The molecule has 34 heavy (non-hydrogen) atoms. The zero-order valence-electron chi connectivity index (χ0n) is 20.1. The number of thioether (sulfide) groups is 1. The first-order chi connectivity index (χ1) is 16.0. The van der Waals surface area contributed by atoms with E-state index >= 15 is 0 Å². The number of carbonyl (C=O) groups excluding carboxylic acids is 1. The lowest BCUT2D eigenvalue weighted by Crippen LogP contribution is -2.28. The average Bonchev–Trinajstić information content (AvgIpc) is 3.14. The Morgan fingerprint density at radius 1 is 0.971 bits per heavy atom. The number of amides is 1. The highest BCUT2D eigenvalue weighted by Crippen LogP contribution is 2.43. The maximum atomic E-state index is 13.0. The Labute approximate surface area is 206 Å². The van der Waals surface area contributed by atoms with Crippen molar-refractivity contribution in [2.45, 2.75) is 50.3 Å². The van der Waals surface area contributed by atoms with Gasteiger partial charge in [-0.1, -0.05) is 62.7 Å². The molecule has 0 radical (unpaired) electrons. The fourth-order valence-electron chi connectivity index (χ4n) is 4.11. The van der Waals surface area contributed by atoms with Gasteiger partial charge in [0.15, 0.2) is 0 Å². The highest BCUT2D eigenvalue weighted by molar-refractivity contribution is 8.00. The molecule has 1 atom stereocenters. The lowest BCUT2D eigenvalue weighted by Gasteiger charge is -2.26. The number of nitrogens with one attached hydrogen (secondary N) is 1. The molecular weight excluding hydrogens is 464 g/mol. The van der Waals surface area contributed by atoms with Gasteiger partial charge in [-0.05, 0) is 66.3 Å². The number of rotatable bonds is 5. The number of anilines is 2. The number of carbonyl (C=O) groups is 1. The maximum absolute atomic E-state index is 13.0. The Hall–Kier alpha value is -2.77. The molecule has 1 aliphatic rings. The first-order valence-electron chi connectivity index (χ1n) is 11.2. The fraction of sp³-hybridized carbons (Fsp3) is 0.296. The van der Waals surface area contributed by atoms with Gasteiger partial charge in [0.25, 0.3) is 10.0 Å². The van der Waals surface area contributed by atoms with Crippen LogP contribution in [0.2, 0.25) is 0 Å². The first-order valence-corrected chi connectivity index (χ1v) is 13.7. The van der Waals surface area contributed by atoms with Crippen LogP contribution < -0.4 is 9.62 Å². The molecular formula is C27H30N2O3S2. The van der Waals surface area contributed by atoms with Crippen LogP contribution in [0.15, 0.2) is 71.6 Å². The highest BCUT2D eigenvalue weighted by atomic mass is 32.2. The quantitative estimate of drug-likeness (QED) is 0.460. The zero-order chi connectivity index (χ0) is 24.7. The molecule has 1 fully saturated rings. The molecule has 0 saturated carbocycles. The van der Waals surface area contributed by atoms with Crippen LogP contribution in [0.4, 0.5) is 11.4 Å². The van der Waals surface area contributed by atoms with Crippen LogP contribution in [0.1, 0.15) is 48.4 Å². The van der Waals surface area contributed by atoms with Crippen molar-refractivity contribution < 1.29 is 13.2 Å². The summed E-state index contributed by atoms with van der Waals surface area (Å²) in [6.45, 7) is 10.3. The monoisotopic (exact) mass is 494 g/mol. The second kappa shape index (κ2) is 9.12. The molecule has 1 N–H and O–H groups in total. The fourth-order valence-corrected chi connectivity index (χ4v) is 6.32. The highest BCUT2D eigenvalue weighted by Gasteiger charge is 2.35. The summed E-state index contributed by atoms with van der Waals surface area (Å²) in [5.74, 6) is 0.431. The van der Waals surface area contributed by atoms with Crippen LogP contribution in [0, 0.1) is 13.8 Å². The second-order valence-corrected chi connectivity index (χ2v) is 12.5. The first kappa shape index (κ1) is 24.4. The predicted molar refractivity (Wildman–Crippen MR) is 141 cm³/mol. The molecule has 1 aliphatic heterocycles. The summed E-state index contributed by atoms with van der Waals surface area (Å²) in [4.78, 5) is 14.8. The molecule has 0 unspecified atom stereocenters. The summed E-state index contributed by atoms with van der Waals surface area (Å²) < 4.78 is 28.8. The van der Waals surface area contributed by atoms with Crippen molar-refractivity contribution in [3.8, 4) is 0 Å². The van der Waals surface area contributed by atoms with Gasteiger partial charge in [0.2, 0.25) is 5.91 Å². The van der Waals surface area contributed by atoms with Gasteiger partial charge in [-0.25, -0.2) is 8.42 Å². The van der Waals surface area contributed by atoms with Crippen LogP contribution in [0.25, 0.3) is 0 Å². The summed E-state index contributed by atoms with van der Waals surface area (Å²) in [6, 6.07) is 20.3. The maximum Gasteiger partial charge on any atom is 0.261 e. The molecule has 178 valence electrons. The van der Waals surface area contributed by atoms with Crippen molar-refractivity contribution in [3.63, 3.8) is 0 Å². The van der Waals surface area contributed by atoms with E-state index in [4.69, 9.17) is 0 Å². The number of nitrogens with zero attached hydrogens (tertiary/aromatic N) is 1. The predicted octanol–water partition coefficient (Wildman–Crippen LogP) is 6.18. The normalized spacial score (nSPS) is 16.7. The van der Waals surface area contributed by atoms with Gasteiger partial charge in [-0.2, -0.15) is 0 Å². The van der Waals surface area contributed by atoms with Gasteiger partial charge >= 0.3 is 0 Å². The van der Waals surface area contributed by atoms with E-state index in [1.54, 1.807) is 30.0 Å². The van der Waals surface area contributed by atoms with Crippen molar-refractivity contribution in [1.29, 1.82) is 0 Å². The van der Waals surface area contributed by atoms with Crippen molar-refractivity contribution >= 4 is 39.1 Å². The van der Waals surface area contributed by atoms with E-state index in [1.165, 1.54) is 0 Å². The number of sulfonamides is 1. The number of hydrogen-bond donors (Lipinski definition) is 1. The van der Waals surface area contributed by atoms with Gasteiger partial charge in [-0.3, -0.25) is 14.4 Å². The van der Waals surface area contributed by atoms with Crippen LogP contribution >= 0.6 is 11.8 Å². The molecule has 0 aromatic heterocycles. The molecule has 1 heterocycles. The molecule has 5 nitrogen and oxygen atoms in total. The van der Waals surface area contributed by atoms with Gasteiger partial charge in [0.05, 0.1) is 10.6 Å². The molecule has 1 amide bonds.